The zero-order valence-electron chi connectivity index (χ0n) is 56.2. The molecule has 0 fully saturated rings. The van der Waals surface area contributed by atoms with Gasteiger partial charge in [0.2, 0.25) is 0 Å². The first-order valence-corrected chi connectivity index (χ1v) is 34.8. The van der Waals surface area contributed by atoms with Crippen molar-refractivity contribution in [2.75, 3.05) is 9.80 Å². The van der Waals surface area contributed by atoms with Crippen molar-refractivity contribution in [3.8, 4) is 45.3 Å². The number of hydrogen-bond acceptors (Lipinski definition) is 6. The van der Waals surface area contributed by atoms with Crippen LogP contribution in [0.4, 0.5) is 42.9 Å². The summed E-state index contributed by atoms with van der Waals surface area (Å²) in [6, 6.07) is 115. The van der Waals surface area contributed by atoms with Gasteiger partial charge in [0.25, 0.3) is 0 Å². The molecule has 104 heavy (non-hydrogen) atoms. The molecule has 0 saturated heterocycles. The molecule has 2 aromatic heterocycles. The van der Waals surface area contributed by atoms with Crippen LogP contribution in [0.5, 0.6) is 23.0 Å². The van der Waals surface area contributed by atoms with Crippen molar-refractivity contribution in [1.82, 2.24) is 0 Å². The van der Waals surface area contributed by atoms with Crippen molar-refractivity contribution in [3.63, 3.8) is 0 Å². The number of fused-ring (bicyclic) bond motifs is 12. The van der Waals surface area contributed by atoms with E-state index in [2.05, 4.69) is 205 Å². The third-order valence-electron chi connectivity index (χ3n) is 21.0. The first-order valence-electron chi connectivity index (χ1n) is 34.8. The number of rotatable bonds is 16. The van der Waals surface area contributed by atoms with Crippen LogP contribution in [0.3, 0.4) is 0 Å². The van der Waals surface area contributed by atoms with Crippen molar-refractivity contribution in [2.24, 2.45) is 0 Å². The molecule has 0 saturated carbocycles. The smallest absolute Gasteiger partial charge is 0.159 e. The lowest BCUT2D eigenvalue weighted by molar-refractivity contribution is 0.482. The lowest BCUT2D eigenvalue weighted by atomic mass is 9.67. The van der Waals surface area contributed by atoms with Crippen LogP contribution in [-0.2, 0) is 10.8 Å². The highest BCUT2D eigenvalue weighted by molar-refractivity contribution is 6.12. The van der Waals surface area contributed by atoms with Crippen molar-refractivity contribution in [3.05, 3.63) is 420 Å². The van der Waals surface area contributed by atoms with E-state index >= 15 is 8.78 Å². The third-order valence-corrected chi connectivity index (χ3v) is 21.0. The van der Waals surface area contributed by atoms with Crippen LogP contribution >= 0.6 is 0 Å². The zero-order valence-corrected chi connectivity index (χ0v) is 56.2. The van der Waals surface area contributed by atoms with Gasteiger partial charge in [-0.2, -0.15) is 0 Å². The molecule has 2 aliphatic rings. The van der Waals surface area contributed by atoms with Crippen LogP contribution in [-0.4, -0.2) is 0 Å². The van der Waals surface area contributed by atoms with Gasteiger partial charge in [0, 0.05) is 44.3 Å². The zero-order chi connectivity index (χ0) is 69.6. The summed E-state index contributed by atoms with van der Waals surface area (Å²) >= 11 is 0. The molecule has 494 valence electrons. The molecule has 0 aliphatic heterocycles. The minimum absolute atomic E-state index is 0.323. The van der Waals surface area contributed by atoms with Crippen LogP contribution in [0.1, 0.15) is 55.6 Å². The standard InChI is InChI=1S/C96H62F2N2O4/c1-3-61-27-49-73(50-28-61)101-75-53-35-65(36-54-75)95(63-31-39-67(97)40-32-63)85-21-9-5-15-77(85)79-57-47-71(59-87(79)95)99(89-23-13-19-83-81-17-7-11-25-91(81)103-93(83)89)69-43-45-70(46-44-69)100(90-24-14-20-84-82-18-8-12-26-92(82)104-94(84)90)72-48-58-80-78-16-6-10-22-86(78)96(88(80)60-72,64-33-41-68(98)42-34-64)66-37-55-76(56-38-66)102-74-51-29-62(4-2)30-52-74/h3-60H,1-2H2. The summed E-state index contributed by atoms with van der Waals surface area (Å²) in [6.45, 7) is 7.85. The SMILES string of the molecule is C=Cc1ccc(Oc2ccc(C3(c4ccc(F)cc4)c4ccccc4-c4ccc(N(c5ccc(N(c6ccc7c(c6)C(c6ccc(F)cc6)(c6ccc(Oc8ccc(C=C)cc8)cc6)c6ccccc6-7)c6cccc7c6oc6ccccc67)cc5)c5cccc6c5oc5ccccc56)cc43)cc2)cc1. The number of furan rings is 2. The fraction of sp³-hybridized carbons (Fsp3) is 0.0208. The van der Waals surface area contributed by atoms with Crippen LogP contribution in [0.2, 0.25) is 0 Å². The first kappa shape index (κ1) is 61.5. The lowest BCUT2D eigenvalue weighted by Crippen LogP contribution is -2.29. The summed E-state index contributed by atoms with van der Waals surface area (Å²) in [4.78, 5) is 4.59. The van der Waals surface area contributed by atoms with Crippen LogP contribution < -0.4 is 19.3 Å². The van der Waals surface area contributed by atoms with Gasteiger partial charge in [-0.1, -0.05) is 219 Å². The summed E-state index contributed by atoms with van der Waals surface area (Å²) in [5, 5.41) is 3.97. The molecular weight excluding hydrogens is 1280 g/mol. The third kappa shape index (κ3) is 9.82. The van der Waals surface area contributed by atoms with Gasteiger partial charge in [-0.05, 0) is 223 Å². The number of benzene rings is 15. The van der Waals surface area contributed by atoms with Crippen molar-refractivity contribution in [1.29, 1.82) is 0 Å². The van der Waals surface area contributed by atoms with E-state index in [1.807, 2.05) is 146 Å². The molecule has 8 heteroatoms. The quantitative estimate of drug-likeness (QED) is 0.0961. The number of anilines is 6. The molecule has 2 aliphatic carbocycles. The molecule has 2 unspecified atom stereocenters. The fourth-order valence-electron chi connectivity index (χ4n) is 16.4. The Hall–Kier alpha value is -13.6. The maximum Gasteiger partial charge on any atom is 0.159 e. The summed E-state index contributed by atoms with van der Waals surface area (Å²) in [6.07, 6.45) is 3.62. The van der Waals surface area contributed by atoms with Crippen LogP contribution in [0, 0.1) is 11.6 Å². The Morgan fingerprint density at radius 3 is 0.990 bits per heavy atom. The van der Waals surface area contributed by atoms with E-state index in [-0.39, 0.29) is 11.6 Å². The van der Waals surface area contributed by atoms with Gasteiger partial charge in [0.15, 0.2) is 11.2 Å². The predicted molar refractivity (Wildman–Crippen MR) is 418 cm³/mol. The Labute approximate surface area is 599 Å². The van der Waals surface area contributed by atoms with Gasteiger partial charge in [0.1, 0.15) is 45.8 Å². The second-order valence-corrected chi connectivity index (χ2v) is 26.6. The molecular formula is C96H62F2N2O4. The minimum atomic E-state index is -0.929. The van der Waals surface area contributed by atoms with E-state index in [0.717, 1.165) is 156 Å². The number of hydrogen-bond donors (Lipinski definition) is 0. The van der Waals surface area contributed by atoms with E-state index < -0.39 is 10.8 Å². The van der Waals surface area contributed by atoms with Crippen molar-refractivity contribution in [2.45, 2.75) is 10.8 Å². The largest absolute Gasteiger partial charge is 0.457 e. The average Bonchev–Trinajstić information content (AvgIpc) is 1.52. The Balaban J connectivity index is 0.800. The Morgan fingerprint density at radius 1 is 0.288 bits per heavy atom. The molecule has 0 amide bonds. The van der Waals surface area contributed by atoms with Crippen molar-refractivity contribution < 1.29 is 27.1 Å². The molecule has 0 radical (unpaired) electrons. The van der Waals surface area contributed by atoms with Gasteiger partial charge in [-0.25, -0.2) is 8.78 Å². The monoisotopic (exact) mass is 1340 g/mol. The van der Waals surface area contributed by atoms with Crippen LogP contribution in [0.15, 0.2) is 362 Å². The Morgan fingerprint density at radius 2 is 0.606 bits per heavy atom. The fourth-order valence-corrected chi connectivity index (χ4v) is 16.4. The molecule has 19 rings (SSSR count). The summed E-state index contributed by atoms with van der Waals surface area (Å²) in [7, 11) is 0. The summed E-state index contributed by atoms with van der Waals surface area (Å²) in [5.74, 6) is 2.12. The summed E-state index contributed by atoms with van der Waals surface area (Å²) < 4.78 is 57.8. The number of ether oxygens (including phenoxy) is 2. The van der Waals surface area contributed by atoms with Gasteiger partial charge in [-0.3, -0.25) is 0 Å². The van der Waals surface area contributed by atoms with E-state index in [1.54, 1.807) is 24.3 Å². The highest BCUT2D eigenvalue weighted by atomic mass is 19.1. The van der Waals surface area contributed by atoms with E-state index in [1.165, 1.54) is 0 Å². The van der Waals surface area contributed by atoms with Crippen molar-refractivity contribution >= 4 is 90.2 Å². The Bertz CT molecular complexity index is 5840. The normalized spacial score (nSPS) is 14.8. The van der Waals surface area contributed by atoms with Crippen LogP contribution in [0.25, 0.3) is 78.3 Å². The number of halogens is 2. The average molecular weight is 1350 g/mol. The topological polar surface area (TPSA) is 51.2 Å². The second kappa shape index (κ2) is 24.7. The Kier molecular flexibility index (Phi) is 14.6. The highest BCUT2D eigenvalue weighted by Gasteiger charge is 2.48. The van der Waals surface area contributed by atoms with Gasteiger partial charge < -0.3 is 28.1 Å². The minimum Gasteiger partial charge on any atom is -0.457 e. The highest BCUT2D eigenvalue weighted by Crippen LogP contribution is 2.60. The second-order valence-electron chi connectivity index (χ2n) is 26.6. The number of para-hydroxylation sites is 4. The molecule has 0 N–H and O–H groups in total. The maximum atomic E-state index is 15.4. The molecule has 15 aromatic carbocycles. The molecule has 0 bridgehead atoms. The maximum absolute atomic E-state index is 15.4. The summed E-state index contributed by atoms with van der Waals surface area (Å²) in [5.41, 5.74) is 20.5. The van der Waals surface area contributed by atoms with Gasteiger partial charge in [0.05, 0.1) is 22.2 Å². The molecule has 17 aromatic rings. The molecule has 6 nitrogen and oxygen atoms in total. The molecule has 2 heterocycles. The predicted octanol–water partition coefficient (Wildman–Crippen LogP) is 26.3. The first-order chi connectivity index (χ1) is 51.2. The molecule has 2 atom stereocenters. The van der Waals surface area contributed by atoms with Gasteiger partial charge >= 0.3 is 0 Å². The number of nitrogens with zero attached hydrogens (tertiary/aromatic N) is 2. The lowest BCUT2D eigenvalue weighted by Gasteiger charge is -2.35. The van der Waals surface area contributed by atoms with E-state index in [0.29, 0.717) is 23.0 Å². The van der Waals surface area contributed by atoms with E-state index in [4.69, 9.17) is 18.3 Å². The van der Waals surface area contributed by atoms with E-state index in [9.17, 15) is 0 Å². The van der Waals surface area contributed by atoms with Gasteiger partial charge in [-0.15, -0.1) is 0 Å². The molecule has 0 spiro atoms.